The zero-order valence-electron chi connectivity index (χ0n) is 30.1. The molecule has 4 aromatic rings. The van der Waals surface area contributed by atoms with E-state index in [4.69, 9.17) is 32.7 Å². The summed E-state index contributed by atoms with van der Waals surface area (Å²) < 4.78 is 10.6. The number of nitrogens with zero attached hydrogens (tertiary/aromatic N) is 1. The molecule has 2 heterocycles. The Hall–Kier alpha value is -4.82. The molecule has 1 aliphatic heterocycles. The number of thiophene rings is 1. The van der Waals surface area contributed by atoms with Crippen molar-refractivity contribution in [1.82, 2.24) is 10.2 Å². The lowest BCUT2D eigenvalue weighted by Crippen LogP contribution is -2.39. The predicted octanol–water partition coefficient (Wildman–Crippen LogP) is 8.66. The first-order valence-electron chi connectivity index (χ1n) is 16.7. The first-order chi connectivity index (χ1) is 25.6. The van der Waals surface area contributed by atoms with Crippen LogP contribution in [0.5, 0.6) is 0 Å². The molecule has 5 rings (SSSR count). The molecule has 3 N–H and O–H groups in total. The molecule has 0 saturated carbocycles. The Bertz CT molecular complexity index is 2120. The number of anilines is 2. The fourth-order valence-corrected chi connectivity index (χ4v) is 7.88. The number of ether oxygens (including phenoxy) is 2. The number of hydrogen-bond acceptors (Lipinski definition) is 9. The van der Waals surface area contributed by atoms with E-state index in [9.17, 15) is 24.0 Å². The summed E-state index contributed by atoms with van der Waals surface area (Å²) in [6.07, 6.45) is 1.38. The highest BCUT2D eigenvalue weighted by Crippen LogP contribution is 2.39. The van der Waals surface area contributed by atoms with Gasteiger partial charge in [0.25, 0.3) is 11.8 Å². The number of esters is 1. The Morgan fingerprint density at radius 3 is 2.39 bits per heavy atom. The maximum Gasteiger partial charge on any atom is 0.410 e. The third kappa shape index (κ3) is 10.2. The number of nitrogens with one attached hydrogen (secondary N) is 3. The summed E-state index contributed by atoms with van der Waals surface area (Å²) in [6, 6.07) is 20.3. The van der Waals surface area contributed by atoms with Crippen molar-refractivity contribution in [3.8, 4) is 0 Å². The molecular formula is C39H38Cl2N4O7S2. The summed E-state index contributed by atoms with van der Waals surface area (Å²) in [4.78, 5) is 68.9. The molecule has 0 bridgehead atoms. The molecule has 282 valence electrons. The number of fused-ring (bicyclic) bond motifs is 1. The first-order valence-corrected chi connectivity index (χ1v) is 19.2. The van der Waals surface area contributed by atoms with Gasteiger partial charge in [0.1, 0.15) is 16.3 Å². The fraction of sp³-hybridized carbons (Fsp3) is 0.256. The van der Waals surface area contributed by atoms with Crippen LogP contribution in [0.4, 0.5) is 15.5 Å². The number of hydrogen-bond donors (Lipinski definition) is 3. The Morgan fingerprint density at radius 1 is 0.963 bits per heavy atom. The van der Waals surface area contributed by atoms with Gasteiger partial charge in [-0.2, -0.15) is 0 Å². The molecule has 1 aromatic heterocycles. The van der Waals surface area contributed by atoms with Crippen LogP contribution < -0.4 is 16.0 Å². The van der Waals surface area contributed by atoms with Gasteiger partial charge in [-0.25, -0.2) is 9.59 Å². The van der Waals surface area contributed by atoms with Gasteiger partial charge in [-0.15, -0.1) is 23.1 Å². The minimum atomic E-state index is -0.658. The summed E-state index contributed by atoms with van der Waals surface area (Å²) in [5.41, 5.74) is 1.46. The molecule has 0 saturated heterocycles. The third-order valence-corrected chi connectivity index (χ3v) is 11.0. The van der Waals surface area contributed by atoms with Gasteiger partial charge in [0.05, 0.1) is 34.5 Å². The van der Waals surface area contributed by atoms with E-state index in [0.717, 1.165) is 10.4 Å². The highest BCUT2D eigenvalue weighted by Gasteiger charge is 2.33. The van der Waals surface area contributed by atoms with Crippen molar-refractivity contribution in [2.75, 3.05) is 24.3 Å². The summed E-state index contributed by atoms with van der Waals surface area (Å²) in [7, 11) is 1.28. The lowest BCUT2D eigenvalue weighted by atomic mass is 10.0. The number of carbonyl (C=O) groups is 5. The molecule has 1 atom stereocenters. The molecule has 54 heavy (non-hydrogen) atoms. The van der Waals surface area contributed by atoms with Crippen molar-refractivity contribution in [2.24, 2.45) is 0 Å². The molecule has 15 heteroatoms. The molecule has 3 aromatic carbocycles. The van der Waals surface area contributed by atoms with E-state index in [2.05, 4.69) is 16.0 Å². The molecule has 1 aliphatic rings. The van der Waals surface area contributed by atoms with Crippen LogP contribution in [0.15, 0.2) is 83.4 Å². The maximum absolute atomic E-state index is 13.6. The van der Waals surface area contributed by atoms with Crippen molar-refractivity contribution < 1.29 is 33.4 Å². The standard InChI is InChI=1S/C39H38Cl2N4O7S2/c1-22(33(46)44-36-31(37(49)51-5)27-17-18-45(21-30(27)54-36)38(50)52-39(2,3)4)53-26-15-10-14-25(20-26)42-35(48)29(19-24-13-9-16-28(40)32(24)41)43-34(47)23-11-7-6-8-12-23/h6-16,19-20,22H,17-18,21H2,1-5H3,(H,42,48)(H,43,47)(H,44,46)/b29-19+. The van der Waals surface area contributed by atoms with Crippen LogP contribution in [0.1, 0.15) is 64.4 Å². The van der Waals surface area contributed by atoms with E-state index in [1.807, 2.05) is 0 Å². The van der Waals surface area contributed by atoms with Gasteiger partial charge in [0, 0.05) is 27.6 Å². The third-order valence-electron chi connectivity index (χ3n) is 7.92. The maximum atomic E-state index is 13.6. The van der Waals surface area contributed by atoms with Crippen molar-refractivity contribution >= 4 is 92.8 Å². The topological polar surface area (TPSA) is 143 Å². The summed E-state index contributed by atoms with van der Waals surface area (Å²) >= 11 is 15.1. The van der Waals surface area contributed by atoms with Crippen LogP contribution in [0.3, 0.4) is 0 Å². The van der Waals surface area contributed by atoms with Gasteiger partial charge < -0.3 is 30.3 Å². The van der Waals surface area contributed by atoms with Crippen LogP contribution in [0, 0.1) is 0 Å². The van der Waals surface area contributed by atoms with Crippen molar-refractivity contribution in [3.63, 3.8) is 0 Å². The average molecular weight is 810 g/mol. The van der Waals surface area contributed by atoms with Crippen LogP contribution in [0.2, 0.25) is 10.0 Å². The van der Waals surface area contributed by atoms with Crippen LogP contribution in [-0.2, 0) is 32.0 Å². The van der Waals surface area contributed by atoms with Gasteiger partial charge in [-0.3, -0.25) is 14.4 Å². The molecule has 4 amide bonds. The summed E-state index contributed by atoms with van der Waals surface area (Å²) in [5.74, 6) is -2.06. The molecule has 1 unspecified atom stereocenters. The van der Waals surface area contributed by atoms with E-state index in [0.29, 0.717) is 39.7 Å². The monoisotopic (exact) mass is 808 g/mol. The zero-order valence-corrected chi connectivity index (χ0v) is 33.2. The van der Waals surface area contributed by atoms with Gasteiger partial charge in [-0.1, -0.05) is 59.6 Å². The highest BCUT2D eigenvalue weighted by atomic mass is 35.5. The molecule has 0 fully saturated rings. The largest absolute Gasteiger partial charge is 0.465 e. The minimum Gasteiger partial charge on any atom is -0.465 e. The average Bonchev–Trinajstić information content (AvgIpc) is 3.49. The highest BCUT2D eigenvalue weighted by molar-refractivity contribution is 8.00. The van der Waals surface area contributed by atoms with Crippen LogP contribution >= 0.6 is 46.3 Å². The van der Waals surface area contributed by atoms with Crippen molar-refractivity contribution in [2.45, 2.75) is 56.4 Å². The Morgan fingerprint density at radius 2 is 1.69 bits per heavy atom. The number of methoxy groups -OCH3 is 1. The SMILES string of the molecule is COC(=O)c1c(NC(=O)C(C)Sc2cccc(NC(=O)/C(=C\c3cccc(Cl)c3Cl)NC(=O)c3ccccc3)c2)sc2c1CCN(C(=O)OC(C)(C)C)C2. The first kappa shape index (κ1) is 40.4. The van der Waals surface area contributed by atoms with Crippen molar-refractivity contribution in [1.29, 1.82) is 0 Å². The van der Waals surface area contributed by atoms with E-state index in [1.54, 1.807) is 105 Å². The second-order valence-electron chi connectivity index (χ2n) is 13.1. The lowest BCUT2D eigenvalue weighted by Gasteiger charge is -2.30. The zero-order chi connectivity index (χ0) is 39.2. The van der Waals surface area contributed by atoms with Crippen LogP contribution in [-0.4, -0.2) is 59.2 Å². The summed E-state index contributed by atoms with van der Waals surface area (Å²) in [5, 5.41) is 8.60. The molecular weight excluding hydrogens is 771 g/mol. The molecule has 0 spiro atoms. The number of rotatable bonds is 10. The Balaban J connectivity index is 1.30. The quantitative estimate of drug-likeness (QED) is 0.0821. The van der Waals surface area contributed by atoms with E-state index in [1.165, 1.54) is 36.3 Å². The Kier molecular flexibility index (Phi) is 13.1. The minimum absolute atomic E-state index is 0.0758. The van der Waals surface area contributed by atoms with Gasteiger partial charge in [0.15, 0.2) is 0 Å². The Labute approximate surface area is 331 Å². The summed E-state index contributed by atoms with van der Waals surface area (Å²) in [6.45, 7) is 7.68. The van der Waals surface area contributed by atoms with Crippen LogP contribution in [0.25, 0.3) is 6.08 Å². The van der Waals surface area contributed by atoms with E-state index in [-0.39, 0.29) is 33.8 Å². The van der Waals surface area contributed by atoms with Crippen molar-refractivity contribution in [3.05, 3.63) is 116 Å². The smallest absolute Gasteiger partial charge is 0.410 e. The second-order valence-corrected chi connectivity index (χ2v) is 16.4. The van der Waals surface area contributed by atoms with Gasteiger partial charge in [0.2, 0.25) is 5.91 Å². The number of amides is 4. The number of benzene rings is 3. The molecule has 0 aliphatic carbocycles. The second kappa shape index (κ2) is 17.5. The van der Waals surface area contributed by atoms with E-state index >= 15 is 0 Å². The number of halogens is 2. The normalized spacial score (nSPS) is 13.3. The molecule has 11 nitrogen and oxygen atoms in total. The van der Waals surface area contributed by atoms with E-state index < -0.39 is 34.7 Å². The lowest BCUT2D eigenvalue weighted by molar-refractivity contribution is -0.115. The predicted molar refractivity (Wildman–Crippen MR) is 213 cm³/mol. The number of carbonyl (C=O) groups excluding carboxylic acids is 5. The van der Waals surface area contributed by atoms with Gasteiger partial charge >= 0.3 is 12.1 Å². The fourth-order valence-electron chi connectivity index (χ4n) is 5.34. The van der Waals surface area contributed by atoms with Gasteiger partial charge in [-0.05, 0) is 87.7 Å². The number of thioether (sulfide) groups is 1. The molecule has 0 radical (unpaired) electrons.